The fourth-order valence-corrected chi connectivity index (χ4v) is 1.71. The van der Waals surface area contributed by atoms with Crippen LogP contribution in [-0.2, 0) is 14.4 Å². The monoisotopic (exact) mass is 271 g/mol. The van der Waals surface area contributed by atoms with Crippen LogP contribution in [0.1, 0.15) is 19.8 Å². The van der Waals surface area contributed by atoms with Crippen molar-refractivity contribution >= 4 is 23.8 Å². The SMILES string of the molecule is CC(=O)N1CCN(C(=O)NC(=O)CCC(=O)O)CC1. The molecule has 8 nitrogen and oxygen atoms in total. The summed E-state index contributed by atoms with van der Waals surface area (Å²) in [5.74, 6) is -1.74. The first-order valence-corrected chi connectivity index (χ1v) is 5.96. The molecule has 0 aromatic carbocycles. The first kappa shape index (κ1) is 14.9. The number of rotatable bonds is 3. The predicted molar refractivity (Wildman–Crippen MR) is 64.2 cm³/mol. The Bertz CT molecular complexity index is 388. The summed E-state index contributed by atoms with van der Waals surface area (Å²) in [7, 11) is 0. The van der Waals surface area contributed by atoms with Gasteiger partial charge in [-0.25, -0.2) is 4.79 Å². The number of nitrogens with zero attached hydrogens (tertiary/aromatic N) is 2. The smallest absolute Gasteiger partial charge is 0.324 e. The van der Waals surface area contributed by atoms with E-state index < -0.39 is 17.9 Å². The highest BCUT2D eigenvalue weighted by Gasteiger charge is 2.23. The average Bonchev–Trinajstić information content (AvgIpc) is 2.36. The molecular formula is C11H17N3O5. The van der Waals surface area contributed by atoms with Gasteiger partial charge >= 0.3 is 12.0 Å². The van der Waals surface area contributed by atoms with Gasteiger partial charge in [-0.15, -0.1) is 0 Å². The van der Waals surface area contributed by atoms with Gasteiger partial charge in [0.15, 0.2) is 0 Å². The molecule has 0 saturated carbocycles. The van der Waals surface area contributed by atoms with Crippen LogP contribution in [0.5, 0.6) is 0 Å². The zero-order valence-electron chi connectivity index (χ0n) is 10.7. The molecule has 1 heterocycles. The van der Waals surface area contributed by atoms with Crippen molar-refractivity contribution in [3.8, 4) is 0 Å². The second-order valence-electron chi connectivity index (χ2n) is 4.24. The molecule has 1 fully saturated rings. The molecule has 1 aliphatic heterocycles. The molecule has 1 aliphatic rings. The molecule has 0 unspecified atom stereocenters. The van der Waals surface area contributed by atoms with E-state index in [1.807, 2.05) is 0 Å². The first-order valence-electron chi connectivity index (χ1n) is 5.96. The molecule has 19 heavy (non-hydrogen) atoms. The van der Waals surface area contributed by atoms with Gasteiger partial charge in [0, 0.05) is 39.5 Å². The van der Waals surface area contributed by atoms with Crippen LogP contribution in [0.3, 0.4) is 0 Å². The molecule has 0 aromatic rings. The number of carboxylic acid groups (broad SMARTS) is 1. The van der Waals surface area contributed by atoms with Gasteiger partial charge in [0.2, 0.25) is 11.8 Å². The summed E-state index contributed by atoms with van der Waals surface area (Å²) in [6, 6.07) is -0.543. The highest BCUT2D eigenvalue weighted by atomic mass is 16.4. The minimum atomic E-state index is -1.09. The second-order valence-corrected chi connectivity index (χ2v) is 4.24. The number of hydrogen-bond acceptors (Lipinski definition) is 4. The van der Waals surface area contributed by atoms with E-state index in [9.17, 15) is 19.2 Å². The summed E-state index contributed by atoms with van der Waals surface area (Å²) < 4.78 is 0. The molecule has 4 amide bonds. The molecule has 1 rings (SSSR count). The molecular weight excluding hydrogens is 254 g/mol. The summed E-state index contributed by atoms with van der Waals surface area (Å²) in [5.41, 5.74) is 0. The summed E-state index contributed by atoms with van der Waals surface area (Å²) in [6.07, 6.45) is -0.536. The highest BCUT2D eigenvalue weighted by Crippen LogP contribution is 2.02. The Hall–Kier alpha value is -2.12. The van der Waals surface area contributed by atoms with Crippen molar-refractivity contribution in [2.75, 3.05) is 26.2 Å². The molecule has 0 atom stereocenters. The van der Waals surface area contributed by atoms with Crippen LogP contribution in [-0.4, -0.2) is 64.9 Å². The van der Waals surface area contributed by atoms with Gasteiger partial charge in [0.05, 0.1) is 6.42 Å². The zero-order valence-corrected chi connectivity index (χ0v) is 10.7. The number of piperazine rings is 1. The van der Waals surface area contributed by atoms with Crippen LogP contribution < -0.4 is 5.32 Å². The largest absolute Gasteiger partial charge is 0.481 e. The predicted octanol–water partition coefficient (Wildman–Crippen LogP) is -0.748. The molecule has 1 saturated heterocycles. The lowest BCUT2D eigenvalue weighted by Gasteiger charge is -2.33. The quantitative estimate of drug-likeness (QED) is 0.702. The van der Waals surface area contributed by atoms with Gasteiger partial charge in [0.25, 0.3) is 0 Å². The van der Waals surface area contributed by atoms with E-state index in [1.165, 1.54) is 11.8 Å². The number of urea groups is 1. The van der Waals surface area contributed by atoms with E-state index in [4.69, 9.17) is 5.11 Å². The summed E-state index contributed by atoms with van der Waals surface area (Å²) in [5, 5.41) is 10.5. The van der Waals surface area contributed by atoms with Crippen LogP contribution in [0.2, 0.25) is 0 Å². The van der Waals surface area contributed by atoms with Crippen molar-refractivity contribution in [1.29, 1.82) is 0 Å². The second kappa shape index (κ2) is 6.72. The normalized spacial score (nSPS) is 15.0. The minimum Gasteiger partial charge on any atom is -0.481 e. The fraction of sp³-hybridized carbons (Fsp3) is 0.636. The van der Waals surface area contributed by atoms with Crippen molar-refractivity contribution in [2.24, 2.45) is 0 Å². The zero-order chi connectivity index (χ0) is 14.4. The topological polar surface area (TPSA) is 107 Å². The highest BCUT2D eigenvalue weighted by molar-refractivity contribution is 5.95. The van der Waals surface area contributed by atoms with Crippen LogP contribution in [0, 0.1) is 0 Å². The molecule has 2 N–H and O–H groups in total. The number of hydrogen-bond donors (Lipinski definition) is 2. The molecule has 0 bridgehead atoms. The lowest BCUT2D eigenvalue weighted by Crippen LogP contribution is -2.53. The molecule has 106 valence electrons. The Labute approximate surface area is 110 Å². The summed E-state index contributed by atoms with van der Waals surface area (Å²) in [6.45, 7) is 3.05. The van der Waals surface area contributed by atoms with Crippen molar-refractivity contribution in [3.63, 3.8) is 0 Å². The Morgan fingerprint density at radius 3 is 2.00 bits per heavy atom. The number of amides is 4. The standard InChI is InChI=1S/C11H17N3O5/c1-8(15)13-4-6-14(7-5-13)11(19)12-9(16)2-3-10(17)18/h2-7H2,1H3,(H,17,18)(H,12,16,19). The molecule has 0 aliphatic carbocycles. The Morgan fingerprint density at radius 1 is 1.00 bits per heavy atom. The van der Waals surface area contributed by atoms with Crippen LogP contribution in [0.4, 0.5) is 4.79 Å². The number of carboxylic acids is 1. The van der Waals surface area contributed by atoms with Crippen LogP contribution in [0.15, 0.2) is 0 Å². The Morgan fingerprint density at radius 2 is 1.53 bits per heavy atom. The lowest BCUT2D eigenvalue weighted by atomic mass is 10.3. The Balaban J connectivity index is 2.33. The third kappa shape index (κ3) is 4.94. The third-order valence-corrected chi connectivity index (χ3v) is 2.82. The van der Waals surface area contributed by atoms with Crippen molar-refractivity contribution in [2.45, 2.75) is 19.8 Å². The van der Waals surface area contributed by atoms with E-state index in [2.05, 4.69) is 5.32 Å². The maximum absolute atomic E-state index is 11.7. The Kier molecular flexibility index (Phi) is 5.28. The number of carbonyl (C=O) groups is 4. The van der Waals surface area contributed by atoms with Gasteiger partial charge < -0.3 is 14.9 Å². The molecule has 0 aromatic heterocycles. The van der Waals surface area contributed by atoms with E-state index in [0.29, 0.717) is 26.2 Å². The molecule has 8 heteroatoms. The number of aliphatic carboxylic acids is 1. The minimum absolute atomic E-state index is 0.0439. The van der Waals surface area contributed by atoms with E-state index in [1.54, 1.807) is 4.90 Å². The maximum Gasteiger partial charge on any atom is 0.324 e. The number of imide groups is 1. The van der Waals surface area contributed by atoms with Gasteiger partial charge in [-0.05, 0) is 0 Å². The van der Waals surface area contributed by atoms with E-state index in [0.717, 1.165) is 0 Å². The van der Waals surface area contributed by atoms with Crippen molar-refractivity contribution < 1.29 is 24.3 Å². The van der Waals surface area contributed by atoms with Gasteiger partial charge in [-0.3, -0.25) is 19.7 Å². The maximum atomic E-state index is 11.7. The van der Waals surface area contributed by atoms with Crippen LogP contribution >= 0.6 is 0 Å². The number of nitrogens with one attached hydrogen (secondary N) is 1. The first-order chi connectivity index (χ1) is 8.90. The van der Waals surface area contributed by atoms with Crippen LogP contribution in [0.25, 0.3) is 0 Å². The van der Waals surface area contributed by atoms with Crippen molar-refractivity contribution in [1.82, 2.24) is 15.1 Å². The van der Waals surface area contributed by atoms with Crippen molar-refractivity contribution in [3.05, 3.63) is 0 Å². The molecule has 0 spiro atoms. The van der Waals surface area contributed by atoms with E-state index in [-0.39, 0.29) is 18.7 Å². The fourth-order valence-electron chi connectivity index (χ4n) is 1.71. The third-order valence-electron chi connectivity index (χ3n) is 2.82. The summed E-state index contributed by atoms with van der Waals surface area (Å²) in [4.78, 5) is 47.4. The van der Waals surface area contributed by atoms with E-state index >= 15 is 0 Å². The summed E-state index contributed by atoms with van der Waals surface area (Å²) >= 11 is 0. The number of carbonyl (C=O) groups excluding carboxylic acids is 3. The van der Waals surface area contributed by atoms with Gasteiger partial charge in [-0.2, -0.15) is 0 Å². The average molecular weight is 271 g/mol. The van der Waals surface area contributed by atoms with Gasteiger partial charge in [0.1, 0.15) is 0 Å². The lowest BCUT2D eigenvalue weighted by molar-refractivity contribution is -0.138. The van der Waals surface area contributed by atoms with Gasteiger partial charge in [-0.1, -0.05) is 0 Å². The molecule has 0 radical (unpaired) electrons.